The molecule has 0 radical (unpaired) electrons. The summed E-state index contributed by atoms with van der Waals surface area (Å²) in [7, 11) is 1.73. The number of nitrogens with zero attached hydrogens (tertiary/aromatic N) is 5. The van der Waals surface area contributed by atoms with E-state index in [1.165, 1.54) is 28.8 Å². The lowest BCUT2D eigenvalue weighted by Crippen LogP contribution is -2.36. The molecule has 74 heavy (non-hydrogen) atoms. The maximum Gasteiger partial charge on any atom is 0.274 e. The van der Waals surface area contributed by atoms with E-state index < -0.39 is 0 Å². The maximum atomic E-state index is 13.0. The number of nitrogens with one attached hydrogen (secondary N) is 5. The fourth-order valence-electron chi connectivity index (χ4n) is 9.02. The van der Waals surface area contributed by atoms with Crippen molar-refractivity contribution in [2.45, 2.75) is 65.7 Å². The number of carbonyl (C=O) groups is 2. The lowest BCUT2D eigenvalue weighted by Gasteiger charge is -2.27. The Bertz CT molecular complexity index is 3410. The molecule has 0 atom stereocenters. The van der Waals surface area contributed by atoms with Gasteiger partial charge in [-0.05, 0) is 145 Å². The molecule has 378 valence electrons. The third-order valence-corrected chi connectivity index (χ3v) is 14.5. The second-order valence-electron chi connectivity index (χ2n) is 19.5. The van der Waals surface area contributed by atoms with Crippen molar-refractivity contribution >= 4 is 63.4 Å². The topological polar surface area (TPSA) is 188 Å². The molecule has 6 heterocycles. The van der Waals surface area contributed by atoms with Crippen LogP contribution in [0.15, 0.2) is 137 Å². The fourth-order valence-corrected chi connectivity index (χ4v) is 10.2. The lowest BCUT2D eigenvalue weighted by molar-refractivity contribution is 0.102. The van der Waals surface area contributed by atoms with E-state index in [2.05, 4.69) is 73.2 Å². The third kappa shape index (κ3) is 11.8. The molecular weight excluding hydrogens is 949 g/mol. The Kier molecular flexibility index (Phi) is 15.3. The molecule has 8 aromatic rings. The Balaban J connectivity index is 0.000000184. The van der Waals surface area contributed by atoms with E-state index in [0.29, 0.717) is 47.5 Å². The number of morpholine rings is 1. The highest BCUT2D eigenvalue weighted by Crippen LogP contribution is 2.34. The number of thiophene rings is 1. The van der Waals surface area contributed by atoms with Gasteiger partial charge in [0.15, 0.2) is 11.6 Å². The monoisotopic (exact) mass is 1010 g/mol. The highest BCUT2D eigenvalue weighted by molar-refractivity contribution is 7.14. The summed E-state index contributed by atoms with van der Waals surface area (Å²) >= 11 is 1.61. The quantitative estimate of drug-likeness (QED) is 0.0829. The minimum atomic E-state index is -0.274. The van der Waals surface area contributed by atoms with Gasteiger partial charge >= 0.3 is 0 Å². The molecule has 2 amide bonds. The zero-order valence-electron chi connectivity index (χ0n) is 42.5. The second kappa shape index (κ2) is 22.3. The van der Waals surface area contributed by atoms with E-state index in [1.54, 1.807) is 47.5 Å². The van der Waals surface area contributed by atoms with Crippen LogP contribution in [0.25, 0.3) is 22.3 Å². The molecule has 15 nitrogen and oxygen atoms in total. The molecule has 0 saturated carbocycles. The molecule has 0 bridgehead atoms. The van der Waals surface area contributed by atoms with E-state index in [1.807, 2.05) is 111 Å². The highest BCUT2D eigenvalue weighted by Gasteiger charge is 2.21. The number of fused-ring (bicyclic) bond motifs is 1. The van der Waals surface area contributed by atoms with Crippen LogP contribution in [0.3, 0.4) is 0 Å². The number of ether oxygens (including phenoxy) is 1. The van der Waals surface area contributed by atoms with Crippen molar-refractivity contribution in [2.24, 2.45) is 7.05 Å². The van der Waals surface area contributed by atoms with E-state index in [4.69, 9.17) is 4.74 Å². The van der Waals surface area contributed by atoms with Crippen molar-refractivity contribution in [3.8, 4) is 22.3 Å². The summed E-state index contributed by atoms with van der Waals surface area (Å²) in [5.41, 5.74) is 10.3. The SMILES string of the molecule is Cc1c(NC(=O)c2cc3c(s2)CCCC3)cccc1-c1cc(Nc2ccccn2)c(=O)n(C)c1.Cc1c(NC(=O)c2ccc(C(C)(C)C)cc2)cccc1-c1c[nH]c(=O)c(Nc2ccc(N3CCOCC3)nn2)c1. The molecule has 3 aromatic carbocycles. The summed E-state index contributed by atoms with van der Waals surface area (Å²) in [5, 5.41) is 20.9. The molecule has 1 aliphatic carbocycles. The van der Waals surface area contributed by atoms with Crippen molar-refractivity contribution in [1.29, 1.82) is 0 Å². The molecular formula is C58H60N10O5S. The number of hydrogen-bond donors (Lipinski definition) is 5. The standard InChI is InChI=1S/C31H34N6O3.C27H26N4O2S/c1-20-24(6-5-7-25(20)34-29(38)21-8-10-23(11-9-21)31(2,3)4)22-18-26(30(39)32-19-22)33-27-12-13-28(36-35-27)37-14-16-40-17-15-37;1-17-20(19-14-22(27(33)31(2)16-19)29-25-12-5-6-13-28-25)9-7-10-21(17)30-26(32)24-15-18-8-3-4-11-23(18)34-24/h5-13,18-19H,14-17H2,1-4H3,(H,32,39)(H,33,35)(H,34,38);5-7,9-10,12-16H,3-4,8,11H2,1-2H3,(H,28,29)(H,30,32). The zero-order valence-corrected chi connectivity index (χ0v) is 43.3. The number of amides is 2. The second-order valence-corrected chi connectivity index (χ2v) is 20.6. The summed E-state index contributed by atoms with van der Waals surface area (Å²) in [4.78, 5) is 62.7. The van der Waals surface area contributed by atoms with Crippen LogP contribution in [0, 0.1) is 13.8 Å². The summed E-state index contributed by atoms with van der Waals surface area (Å²) in [6, 6.07) is 34.1. The minimum absolute atomic E-state index is 0.0171. The first-order valence-corrected chi connectivity index (χ1v) is 25.6. The number of pyridine rings is 3. The number of carbonyl (C=O) groups excluding carboxylic acids is 2. The number of aromatic nitrogens is 5. The first-order valence-electron chi connectivity index (χ1n) is 24.8. The fraction of sp³-hybridized carbons (Fsp3) is 0.259. The van der Waals surface area contributed by atoms with Crippen LogP contribution in [0.1, 0.15) is 80.8 Å². The number of anilines is 7. The molecule has 16 heteroatoms. The molecule has 5 N–H and O–H groups in total. The van der Waals surface area contributed by atoms with E-state index in [0.717, 1.165) is 75.7 Å². The predicted molar refractivity (Wildman–Crippen MR) is 297 cm³/mol. The molecule has 2 aliphatic rings. The van der Waals surface area contributed by atoms with Crippen LogP contribution in [-0.2, 0) is 30.0 Å². The number of hydrogen-bond acceptors (Lipinski definition) is 12. The van der Waals surface area contributed by atoms with Gasteiger partial charge in [0, 0.05) is 71.7 Å². The summed E-state index contributed by atoms with van der Waals surface area (Å²) in [6.07, 6.45) is 9.69. The van der Waals surface area contributed by atoms with Gasteiger partial charge in [-0.15, -0.1) is 21.5 Å². The van der Waals surface area contributed by atoms with Crippen LogP contribution >= 0.6 is 11.3 Å². The van der Waals surface area contributed by atoms with Gasteiger partial charge in [0.2, 0.25) is 0 Å². The smallest absolute Gasteiger partial charge is 0.274 e. The average Bonchev–Trinajstić information content (AvgIpc) is 3.86. The van der Waals surface area contributed by atoms with Crippen LogP contribution < -0.4 is 37.3 Å². The normalized spacial score (nSPS) is 13.2. The van der Waals surface area contributed by atoms with Crippen molar-refractivity contribution < 1.29 is 14.3 Å². The first-order chi connectivity index (χ1) is 35.7. The molecule has 1 fully saturated rings. The lowest BCUT2D eigenvalue weighted by atomic mass is 9.86. The number of benzene rings is 3. The van der Waals surface area contributed by atoms with Gasteiger partial charge in [-0.3, -0.25) is 19.2 Å². The third-order valence-electron chi connectivity index (χ3n) is 13.3. The number of aryl methyl sites for hydroxylation is 3. The van der Waals surface area contributed by atoms with Gasteiger partial charge in [-0.2, -0.15) is 0 Å². The molecule has 0 unspecified atom stereocenters. The highest BCUT2D eigenvalue weighted by atomic mass is 32.1. The van der Waals surface area contributed by atoms with Crippen LogP contribution in [0.5, 0.6) is 0 Å². The van der Waals surface area contributed by atoms with Crippen molar-refractivity contribution in [3.63, 3.8) is 0 Å². The van der Waals surface area contributed by atoms with Gasteiger partial charge in [-0.25, -0.2) is 4.98 Å². The molecule has 0 spiro atoms. The van der Waals surface area contributed by atoms with Crippen LogP contribution in [0.4, 0.5) is 40.2 Å². The maximum absolute atomic E-state index is 13.0. The number of aromatic amines is 1. The summed E-state index contributed by atoms with van der Waals surface area (Å²) in [5.74, 6) is 1.60. The molecule has 5 aromatic heterocycles. The van der Waals surface area contributed by atoms with Gasteiger partial charge in [0.25, 0.3) is 22.9 Å². The minimum Gasteiger partial charge on any atom is -0.378 e. The Hall–Kier alpha value is -8.21. The van der Waals surface area contributed by atoms with E-state index in [-0.39, 0.29) is 28.3 Å². The Morgan fingerprint density at radius 3 is 2.04 bits per heavy atom. The number of H-pyrrole nitrogens is 1. The zero-order chi connectivity index (χ0) is 51.9. The van der Waals surface area contributed by atoms with Crippen molar-refractivity contribution in [1.82, 2.24) is 24.7 Å². The van der Waals surface area contributed by atoms with Gasteiger partial charge in [0.05, 0.1) is 18.1 Å². The summed E-state index contributed by atoms with van der Waals surface area (Å²) < 4.78 is 6.95. The molecule has 1 saturated heterocycles. The average molecular weight is 1010 g/mol. The first kappa shape index (κ1) is 50.7. The van der Waals surface area contributed by atoms with Gasteiger partial charge in [-0.1, -0.05) is 63.2 Å². The predicted octanol–water partition coefficient (Wildman–Crippen LogP) is 11.0. The molecule has 10 rings (SSSR count). The Morgan fingerprint density at radius 1 is 0.703 bits per heavy atom. The van der Waals surface area contributed by atoms with Crippen molar-refractivity contribution in [2.75, 3.05) is 52.5 Å². The summed E-state index contributed by atoms with van der Waals surface area (Å²) in [6.45, 7) is 13.2. The van der Waals surface area contributed by atoms with Gasteiger partial charge in [0.1, 0.15) is 17.2 Å². The van der Waals surface area contributed by atoms with Crippen molar-refractivity contribution in [3.05, 3.63) is 186 Å². The largest absolute Gasteiger partial charge is 0.378 e. The molecule has 1 aliphatic heterocycles. The van der Waals surface area contributed by atoms with E-state index in [9.17, 15) is 19.2 Å². The Morgan fingerprint density at radius 2 is 1.38 bits per heavy atom. The number of rotatable bonds is 11. The van der Waals surface area contributed by atoms with Crippen LogP contribution in [0.2, 0.25) is 0 Å². The Labute approximate surface area is 434 Å². The van der Waals surface area contributed by atoms with Crippen LogP contribution in [-0.4, -0.2) is 62.9 Å². The van der Waals surface area contributed by atoms with E-state index >= 15 is 0 Å². The van der Waals surface area contributed by atoms with Gasteiger partial charge < -0.3 is 40.5 Å².